The van der Waals surface area contributed by atoms with E-state index in [4.69, 9.17) is 0 Å². The third-order valence-electron chi connectivity index (χ3n) is 3.01. The molecule has 1 aromatic heterocycles. The first-order valence-electron chi connectivity index (χ1n) is 5.97. The fourth-order valence-electron chi connectivity index (χ4n) is 2.11. The van der Waals surface area contributed by atoms with Crippen LogP contribution in [0, 0.1) is 6.92 Å². The Labute approximate surface area is 107 Å². The lowest BCUT2D eigenvalue weighted by molar-refractivity contribution is 0.567. The molecule has 0 N–H and O–H groups in total. The normalized spacial score (nSPS) is 10.8. The number of rotatable bonds is 6. The van der Waals surface area contributed by atoms with Crippen LogP contribution in [0.1, 0.15) is 32.3 Å². The summed E-state index contributed by atoms with van der Waals surface area (Å²) in [6.07, 6.45) is 6.20. The van der Waals surface area contributed by atoms with E-state index >= 15 is 0 Å². The second-order valence-electron chi connectivity index (χ2n) is 4.01. The van der Waals surface area contributed by atoms with E-state index in [1.54, 1.807) is 0 Å². The van der Waals surface area contributed by atoms with Gasteiger partial charge in [0.2, 0.25) is 0 Å². The van der Waals surface area contributed by atoms with E-state index in [1.165, 1.54) is 24.1 Å². The number of pyridine rings is 1. The molecule has 0 aliphatic heterocycles. The third kappa shape index (κ3) is 3.21. The van der Waals surface area contributed by atoms with Gasteiger partial charge >= 0.3 is 0 Å². The lowest BCUT2D eigenvalue weighted by Crippen LogP contribution is -2.36. The molecule has 0 amide bonds. The van der Waals surface area contributed by atoms with Gasteiger partial charge in [0.15, 0.2) is 0 Å². The molecule has 0 unspecified atom stereocenters. The van der Waals surface area contributed by atoms with Crippen LogP contribution in [0.3, 0.4) is 0 Å². The van der Waals surface area contributed by atoms with Gasteiger partial charge in [-0.3, -0.25) is 4.98 Å². The zero-order chi connectivity index (χ0) is 12.0. The van der Waals surface area contributed by atoms with Gasteiger partial charge in [-0.2, -0.15) is 0 Å². The second-order valence-corrected chi connectivity index (χ2v) is 4.81. The predicted molar refractivity (Wildman–Crippen MR) is 74.5 cm³/mol. The summed E-state index contributed by atoms with van der Waals surface area (Å²) in [6.45, 7) is 7.70. The molecule has 16 heavy (non-hydrogen) atoms. The number of hydrogen-bond acceptors (Lipinski definition) is 2. The Morgan fingerprint density at radius 2 is 2.06 bits per heavy atom. The average Bonchev–Trinajstić information content (AvgIpc) is 2.30. The number of anilines is 1. The summed E-state index contributed by atoms with van der Waals surface area (Å²) in [5.74, 6) is 0. The Hall–Kier alpha value is -0.570. The van der Waals surface area contributed by atoms with Crippen LogP contribution in [0.4, 0.5) is 5.69 Å². The van der Waals surface area contributed by atoms with Crippen molar-refractivity contribution in [3.8, 4) is 0 Å². The fourth-order valence-corrected chi connectivity index (χ4v) is 2.49. The Bertz CT molecular complexity index is 311. The highest BCUT2D eigenvalue weighted by molar-refractivity contribution is 9.09. The molecule has 1 rings (SSSR count). The average molecular weight is 285 g/mol. The van der Waals surface area contributed by atoms with Crippen molar-refractivity contribution in [3.05, 3.63) is 24.0 Å². The minimum atomic E-state index is 0.624. The highest BCUT2D eigenvalue weighted by Crippen LogP contribution is 2.23. The van der Waals surface area contributed by atoms with Crippen LogP contribution in [0.15, 0.2) is 18.5 Å². The van der Waals surface area contributed by atoms with Crippen molar-refractivity contribution in [3.63, 3.8) is 0 Å². The number of alkyl halides is 1. The van der Waals surface area contributed by atoms with Crippen LogP contribution in [0.25, 0.3) is 0 Å². The molecule has 0 aliphatic rings. The first-order chi connectivity index (χ1) is 7.74. The van der Waals surface area contributed by atoms with Crippen LogP contribution in [0.2, 0.25) is 0 Å². The van der Waals surface area contributed by atoms with Gasteiger partial charge < -0.3 is 4.90 Å². The molecule has 90 valence electrons. The molecule has 0 aromatic carbocycles. The molecule has 0 radical (unpaired) electrons. The molecule has 0 saturated carbocycles. The smallest absolute Gasteiger partial charge is 0.0429 e. The number of halogens is 1. The quantitative estimate of drug-likeness (QED) is 0.739. The van der Waals surface area contributed by atoms with Gasteiger partial charge in [-0.1, -0.05) is 29.8 Å². The molecule has 2 nitrogen and oxygen atoms in total. The summed E-state index contributed by atoms with van der Waals surface area (Å²) in [5.41, 5.74) is 2.58. The molecule has 0 atom stereocenters. The van der Waals surface area contributed by atoms with E-state index < -0.39 is 0 Å². The summed E-state index contributed by atoms with van der Waals surface area (Å²) in [5, 5.41) is 1.01. The molecular weight excluding hydrogens is 264 g/mol. The summed E-state index contributed by atoms with van der Waals surface area (Å²) >= 11 is 3.54. The van der Waals surface area contributed by atoms with Gasteiger partial charge in [0.1, 0.15) is 0 Å². The van der Waals surface area contributed by atoms with E-state index in [-0.39, 0.29) is 0 Å². The molecule has 0 fully saturated rings. The van der Waals surface area contributed by atoms with Crippen molar-refractivity contribution in [2.45, 2.75) is 39.7 Å². The summed E-state index contributed by atoms with van der Waals surface area (Å²) < 4.78 is 0. The topological polar surface area (TPSA) is 16.1 Å². The lowest BCUT2D eigenvalue weighted by Gasteiger charge is -2.33. The monoisotopic (exact) mass is 284 g/mol. The van der Waals surface area contributed by atoms with Crippen LogP contribution in [0.5, 0.6) is 0 Å². The van der Waals surface area contributed by atoms with Gasteiger partial charge in [-0.25, -0.2) is 0 Å². The molecule has 0 saturated heterocycles. The minimum Gasteiger partial charge on any atom is -0.367 e. The van der Waals surface area contributed by atoms with Crippen molar-refractivity contribution in [2.24, 2.45) is 0 Å². The van der Waals surface area contributed by atoms with Crippen LogP contribution < -0.4 is 4.90 Å². The molecule has 1 heterocycles. The Kier molecular flexibility index (Phi) is 5.81. The van der Waals surface area contributed by atoms with Crippen molar-refractivity contribution in [1.82, 2.24) is 4.98 Å². The van der Waals surface area contributed by atoms with Gasteiger partial charge in [-0.15, -0.1) is 0 Å². The van der Waals surface area contributed by atoms with Gasteiger partial charge in [0.05, 0.1) is 0 Å². The van der Waals surface area contributed by atoms with Gasteiger partial charge in [0.25, 0.3) is 0 Å². The zero-order valence-corrected chi connectivity index (χ0v) is 12.0. The first-order valence-corrected chi connectivity index (χ1v) is 7.09. The Balaban J connectivity index is 2.97. The van der Waals surface area contributed by atoms with E-state index in [1.807, 2.05) is 12.4 Å². The van der Waals surface area contributed by atoms with Crippen LogP contribution in [-0.2, 0) is 0 Å². The molecule has 0 aliphatic carbocycles. The predicted octanol–water partition coefficient (Wildman–Crippen LogP) is 3.78. The van der Waals surface area contributed by atoms with E-state index in [9.17, 15) is 0 Å². The van der Waals surface area contributed by atoms with E-state index in [0.717, 1.165) is 11.9 Å². The highest BCUT2D eigenvalue weighted by Gasteiger charge is 2.16. The van der Waals surface area contributed by atoms with Crippen molar-refractivity contribution >= 4 is 21.6 Å². The highest BCUT2D eigenvalue weighted by atomic mass is 79.9. The third-order valence-corrected chi connectivity index (χ3v) is 3.36. The fraction of sp³-hybridized carbons (Fsp3) is 0.615. The van der Waals surface area contributed by atoms with Crippen molar-refractivity contribution in [2.75, 3.05) is 16.8 Å². The van der Waals surface area contributed by atoms with E-state index in [0.29, 0.717) is 6.04 Å². The largest absolute Gasteiger partial charge is 0.367 e. The lowest BCUT2D eigenvalue weighted by atomic mass is 10.1. The van der Waals surface area contributed by atoms with Crippen molar-refractivity contribution < 1.29 is 0 Å². The second kappa shape index (κ2) is 6.89. The summed E-state index contributed by atoms with van der Waals surface area (Å²) in [6, 6.07) is 2.75. The zero-order valence-electron chi connectivity index (χ0n) is 10.4. The number of nitrogens with zero attached hydrogens (tertiary/aromatic N) is 2. The maximum Gasteiger partial charge on any atom is 0.0429 e. The molecular formula is C13H21BrN2. The molecule has 1 aromatic rings. The van der Waals surface area contributed by atoms with Crippen LogP contribution >= 0.6 is 15.9 Å². The number of aryl methyl sites for hydroxylation is 1. The van der Waals surface area contributed by atoms with Gasteiger partial charge in [0, 0.05) is 36.0 Å². The molecule has 3 heteroatoms. The number of aromatic nitrogens is 1. The summed E-state index contributed by atoms with van der Waals surface area (Å²) in [4.78, 5) is 6.65. The standard InChI is InChI=1S/C13H21BrN2/c1-4-12(5-2)16(9-7-14)13-6-8-15-10-11(13)3/h6,8,10,12H,4-5,7,9H2,1-3H3. The minimum absolute atomic E-state index is 0.624. The first kappa shape index (κ1) is 13.5. The number of hydrogen-bond donors (Lipinski definition) is 0. The maximum absolute atomic E-state index is 4.16. The molecule has 0 spiro atoms. The van der Waals surface area contributed by atoms with E-state index in [2.05, 4.69) is 52.7 Å². The van der Waals surface area contributed by atoms with Crippen molar-refractivity contribution in [1.29, 1.82) is 0 Å². The SMILES string of the molecule is CCC(CC)N(CCBr)c1ccncc1C. The Morgan fingerprint density at radius 1 is 1.38 bits per heavy atom. The maximum atomic E-state index is 4.16. The summed E-state index contributed by atoms with van der Waals surface area (Å²) in [7, 11) is 0. The molecule has 0 bridgehead atoms. The van der Waals surface area contributed by atoms with Gasteiger partial charge in [-0.05, 0) is 31.4 Å². The Morgan fingerprint density at radius 3 is 2.56 bits per heavy atom. The van der Waals surface area contributed by atoms with Crippen LogP contribution in [-0.4, -0.2) is 22.9 Å².